The Kier molecular flexibility index (Phi) is 6.75. The number of carbonyl (C=O) groups excluding carboxylic acids is 2. The average molecular weight is 372 g/mol. The Hall–Kier alpha value is -1.46. The molecule has 5 nitrogen and oxygen atoms in total. The number of urea groups is 1. The fraction of sp³-hybridized carbons (Fsp3) is 0.529. The maximum Gasteiger partial charge on any atom is 0.318 e. The third-order valence-electron chi connectivity index (χ3n) is 4.25. The predicted octanol–water partition coefficient (Wildman–Crippen LogP) is 3.54. The molecule has 24 heavy (non-hydrogen) atoms. The molecule has 1 saturated heterocycles. The zero-order valence-corrected chi connectivity index (χ0v) is 15.5. The van der Waals surface area contributed by atoms with Crippen LogP contribution in [0.3, 0.4) is 0 Å². The van der Waals surface area contributed by atoms with Gasteiger partial charge in [-0.3, -0.25) is 4.79 Å². The van der Waals surface area contributed by atoms with E-state index in [1.165, 1.54) is 0 Å². The number of carbonyl (C=O) groups is 2. The largest absolute Gasteiger partial charge is 0.342 e. The summed E-state index contributed by atoms with van der Waals surface area (Å²) in [6.45, 7) is 3.47. The smallest absolute Gasteiger partial charge is 0.318 e. The first-order valence-electron chi connectivity index (χ1n) is 8.17. The molecule has 1 atom stereocenters. The van der Waals surface area contributed by atoms with Crippen LogP contribution in [0.15, 0.2) is 18.2 Å². The number of nitrogens with one attached hydrogen (secondary N) is 1. The molecule has 1 aliphatic heterocycles. The fourth-order valence-electron chi connectivity index (χ4n) is 2.77. The summed E-state index contributed by atoms with van der Waals surface area (Å²) in [6, 6.07) is 4.55. The molecule has 0 radical (unpaired) electrons. The lowest BCUT2D eigenvalue weighted by Gasteiger charge is -2.39. The standard InChI is InChI=1S/C17H23Cl2N3O2/c1-3-4-5-15-16(23)21(2)8-9-22(15)17(24)20-11-12-6-7-13(18)10-14(12)19/h6-7,10,15H,3-5,8-9,11H2,1-2H3,(H,20,24). The lowest BCUT2D eigenvalue weighted by molar-refractivity contribution is -0.138. The third kappa shape index (κ3) is 4.54. The van der Waals surface area contributed by atoms with Gasteiger partial charge in [-0.05, 0) is 24.1 Å². The van der Waals surface area contributed by atoms with Gasteiger partial charge >= 0.3 is 6.03 Å². The van der Waals surface area contributed by atoms with Crippen molar-refractivity contribution >= 4 is 35.1 Å². The van der Waals surface area contributed by atoms with Crippen LogP contribution in [0.4, 0.5) is 4.79 Å². The van der Waals surface area contributed by atoms with Crippen LogP contribution in [0.1, 0.15) is 31.7 Å². The molecular weight excluding hydrogens is 349 g/mol. The predicted molar refractivity (Wildman–Crippen MR) is 96.4 cm³/mol. The van der Waals surface area contributed by atoms with E-state index in [2.05, 4.69) is 12.2 Å². The van der Waals surface area contributed by atoms with Crippen LogP contribution in [0.25, 0.3) is 0 Å². The number of unbranched alkanes of at least 4 members (excludes halogenated alkanes) is 1. The topological polar surface area (TPSA) is 52.7 Å². The zero-order chi connectivity index (χ0) is 17.7. The van der Waals surface area contributed by atoms with Gasteiger partial charge in [-0.25, -0.2) is 4.79 Å². The first kappa shape index (κ1) is 18.9. The molecule has 1 aromatic carbocycles. The summed E-state index contributed by atoms with van der Waals surface area (Å²) < 4.78 is 0. The number of nitrogens with zero attached hydrogens (tertiary/aromatic N) is 2. The Morgan fingerprint density at radius 2 is 2.08 bits per heavy atom. The lowest BCUT2D eigenvalue weighted by atomic mass is 10.0. The van der Waals surface area contributed by atoms with Crippen molar-refractivity contribution < 1.29 is 9.59 Å². The first-order chi connectivity index (χ1) is 11.4. The Morgan fingerprint density at radius 1 is 1.33 bits per heavy atom. The summed E-state index contributed by atoms with van der Waals surface area (Å²) in [5.74, 6) is 0.00868. The van der Waals surface area contributed by atoms with Gasteiger partial charge in [0.15, 0.2) is 0 Å². The van der Waals surface area contributed by atoms with E-state index >= 15 is 0 Å². The van der Waals surface area contributed by atoms with Crippen LogP contribution in [0, 0.1) is 0 Å². The Balaban J connectivity index is 2.02. The fourth-order valence-corrected chi connectivity index (χ4v) is 3.24. The Bertz CT molecular complexity index is 609. The van der Waals surface area contributed by atoms with Gasteiger partial charge in [0.05, 0.1) is 0 Å². The summed E-state index contributed by atoms with van der Waals surface area (Å²) in [5, 5.41) is 3.93. The van der Waals surface area contributed by atoms with Crippen molar-refractivity contribution in [1.82, 2.24) is 15.1 Å². The van der Waals surface area contributed by atoms with Crippen molar-refractivity contribution in [3.63, 3.8) is 0 Å². The molecule has 0 aliphatic carbocycles. The molecule has 3 amide bonds. The second-order valence-corrected chi connectivity index (χ2v) is 6.85. The van der Waals surface area contributed by atoms with E-state index in [4.69, 9.17) is 23.2 Å². The zero-order valence-electron chi connectivity index (χ0n) is 14.0. The van der Waals surface area contributed by atoms with Crippen molar-refractivity contribution in [3.05, 3.63) is 33.8 Å². The van der Waals surface area contributed by atoms with Gasteiger partial charge in [-0.2, -0.15) is 0 Å². The molecule has 1 aromatic rings. The third-order valence-corrected chi connectivity index (χ3v) is 4.84. The molecule has 0 saturated carbocycles. The Morgan fingerprint density at radius 3 is 2.75 bits per heavy atom. The van der Waals surface area contributed by atoms with Gasteiger partial charge < -0.3 is 15.1 Å². The molecule has 1 fully saturated rings. The van der Waals surface area contributed by atoms with Crippen LogP contribution in [-0.4, -0.2) is 47.9 Å². The van der Waals surface area contributed by atoms with E-state index in [1.54, 1.807) is 35.0 Å². The number of rotatable bonds is 5. The van der Waals surface area contributed by atoms with Gasteiger partial charge in [0, 0.05) is 36.7 Å². The van der Waals surface area contributed by atoms with Crippen molar-refractivity contribution in [2.75, 3.05) is 20.1 Å². The second kappa shape index (κ2) is 8.58. The minimum absolute atomic E-state index is 0.00868. The SMILES string of the molecule is CCCCC1C(=O)N(C)CCN1C(=O)NCc1ccc(Cl)cc1Cl. The van der Waals surface area contributed by atoms with Gasteiger partial charge in [0.2, 0.25) is 5.91 Å². The highest BCUT2D eigenvalue weighted by atomic mass is 35.5. The van der Waals surface area contributed by atoms with E-state index in [-0.39, 0.29) is 18.0 Å². The molecule has 1 unspecified atom stereocenters. The Labute approximate surface area is 152 Å². The normalized spacial score (nSPS) is 18.0. The van der Waals surface area contributed by atoms with Crippen LogP contribution in [-0.2, 0) is 11.3 Å². The first-order valence-corrected chi connectivity index (χ1v) is 8.93. The van der Waals surface area contributed by atoms with Gasteiger partial charge in [0.25, 0.3) is 0 Å². The molecule has 0 spiro atoms. The second-order valence-electron chi connectivity index (χ2n) is 6.01. The van der Waals surface area contributed by atoms with Gasteiger partial charge in [-0.15, -0.1) is 0 Å². The number of hydrogen-bond donors (Lipinski definition) is 1. The van der Waals surface area contributed by atoms with Crippen molar-refractivity contribution in [1.29, 1.82) is 0 Å². The molecule has 2 rings (SSSR count). The summed E-state index contributed by atoms with van der Waals surface area (Å²) >= 11 is 12.0. The molecule has 132 valence electrons. The lowest BCUT2D eigenvalue weighted by Crippen LogP contribution is -2.59. The molecule has 1 aliphatic rings. The minimum Gasteiger partial charge on any atom is -0.342 e. The van der Waals surface area contributed by atoms with Gasteiger partial charge in [0.1, 0.15) is 6.04 Å². The number of likely N-dealkylation sites (N-methyl/N-ethyl adjacent to an activating group) is 1. The number of piperazine rings is 1. The number of hydrogen-bond acceptors (Lipinski definition) is 2. The van der Waals surface area contributed by atoms with Crippen LogP contribution >= 0.6 is 23.2 Å². The summed E-state index contributed by atoms with van der Waals surface area (Å²) in [5.41, 5.74) is 0.792. The van der Waals surface area contributed by atoms with Crippen LogP contribution in [0.5, 0.6) is 0 Å². The van der Waals surface area contributed by atoms with E-state index in [0.29, 0.717) is 36.1 Å². The van der Waals surface area contributed by atoms with Crippen molar-refractivity contribution in [2.45, 2.75) is 38.8 Å². The highest BCUT2D eigenvalue weighted by Gasteiger charge is 2.35. The molecule has 0 bridgehead atoms. The van der Waals surface area contributed by atoms with E-state index in [0.717, 1.165) is 18.4 Å². The number of halogens is 2. The average Bonchev–Trinajstić information content (AvgIpc) is 2.55. The highest BCUT2D eigenvalue weighted by molar-refractivity contribution is 6.35. The van der Waals surface area contributed by atoms with Crippen molar-refractivity contribution in [3.8, 4) is 0 Å². The maximum atomic E-state index is 12.6. The van der Waals surface area contributed by atoms with E-state index < -0.39 is 0 Å². The molecule has 0 aromatic heterocycles. The quantitative estimate of drug-likeness (QED) is 0.860. The highest BCUT2D eigenvalue weighted by Crippen LogP contribution is 2.21. The summed E-state index contributed by atoms with van der Waals surface area (Å²) in [7, 11) is 1.78. The van der Waals surface area contributed by atoms with Crippen LogP contribution < -0.4 is 5.32 Å². The van der Waals surface area contributed by atoms with Crippen LogP contribution in [0.2, 0.25) is 10.0 Å². The number of amides is 3. The molecular formula is C17H23Cl2N3O2. The maximum absolute atomic E-state index is 12.6. The van der Waals surface area contributed by atoms with Gasteiger partial charge in [-0.1, -0.05) is 49.0 Å². The number of benzene rings is 1. The minimum atomic E-state index is -0.385. The van der Waals surface area contributed by atoms with E-state index in [1.807, 2.05) is 0 Å². The molecule has 1 heterocycles. The van der Waals surface area contributed by atoms with Crippen molar-refractivity contribution in [2.24, 2.45) is 0 Å². The summed E-state index contributed by atoms with van der Waals surface area (Å²) in [4.78, 5) is 28.3. The molecule has 1 N–H and O–H groups in total. The molecule has 7 heteroatoms. The van der Waals surface area contributed by atoms with E-state index in [9.17, 15) is 9.59 Å². The monoisotopic (exact) mass is 371 g/mol. The summed E-state index contributed by atoms with van der Waals surface area (Å²) in [6.07, 6.45) is 2.59.